The number of nitrogens with one attached hydrogen (secondary N) is 1. The average Bonchev–Trinajstić information content (AvgIpc) is 2.40. The summed E-state index contributed by atoms with van der Waals surface area (Å²) < 4.78 is 5.73. The molecule has 0 aliphatic carbocycles. The van der Waals surface area contributed by atoms with Crippen LogP contribution in [-0.4, -0.2) is 47.7 Å². The molecule has 0 aromatic carbocycles. The van der Waals surface area contributed by atoms with Gasteiger partial charge >= 0.3 is 0 Å². The Morgan fingerprint density at radius 1 is 1.53 bits per heavy atom. The van der Waals surface area contributed by atoms with Gasteiger partial charge in [0, 0.05) is 25.8 Å². The van der Waals surface area contributed by atoms with E-state index in [2.05, 4.69) is 34.0 Å². The van der Waals surface area contributed by atoms with E-state index < -0.39 is 0 Å². The van der Waals surface area contributed by atoms with Crippen molar-refractivity contribution in [3.05, 3.63) is 18.1 Å². The van der Waals surface area contributed by atoms with Crippen LogP contribution in [0.3, 0.4) is 0 Å². The maximum atomic E-state index is 5.73. The number of likely N-dealkylation sites (N-methyl/N-ethyl adjacent to an activating group) is 1. The van der Waals surface area contributed by atoms with Gasteiger partial charge in [0.1, 0.15) is 11.9 Å². The molecule has 1 unspecified atom stereocenters. The van der Waals surface area contributed by atoms with Crippen molar-refractivity contribution in [1.29, 1.82) is 0 Å². The van der Waals surface area contributed by atoms with E-state index in [9.17, 15) is 0 Å². The molecule has 0 radical (unpaired) electrons. The summed E-state index contributed by atoms with van der Waals surface area (Å²) in [4.78, 5) is 11.2. The molecule has 1 atom stereocenters. The molecule has 1 aliphatic heterocycles. The van der Waals surface area contributed by atoms with Crippen LogP contribution in [0.5, 0.6) is 0 Å². The lowest BCUT2D eigenvalue weighted by molar-refractivity contribution is -0.0325. The van der Waals surface area contributed by atoms with Gasteiger partial charge in [-0.2, -0.15) is 0 Å². The molecule has 5 heteroatoms. The molecular weight excluding hydrogens is 216 g/mol. The summed E-state index contributed by atoms with van der Waals surface area (Å²) >= 11 is 0. The second kappa shape index (κ2) is 5.93. The minimum atomic E-state index is 0.00214. The molecule has 1 aromatic rings. The molecule has 2 heterocycles. The minimum Gasteiger partial charge on any atom is -0.370 e. The number of hydrogen-bond donors (Lipinski definition) is 1. The van der Waals surface area contributed by atoms with Crippen LogP contribution in [-0.2, 0) is 4.74 Å². The van der Waals surface area contributed by atoms with Gasteiger partial charge in [0.25, 0.3) is 0 Å². The van der Waals surface area contributed by atoms with E-state index in [0.717, 1.165) is 44.4 Å². The number of aromatic nitrogens is 2. The molecule has 1 saturated heterocycles. The molecule has 0 saturated carbocycles. The van der Waals surface area contributed by atoms with E-state index in [4.69, 9.17) is 4.74 Å². The zero-order valence-corrected chi connectivity index (χ0v) is 10.5. The van der Waals surface area contributed by atoms with Crippen molar-refractivity contribution in [1.82, 2.24) is 14.9 Å². The van der Waals surface area contributed by atoms with E-state index in [1.165, 1.54) is 0 Å². The van der Waals surface area contributed by atoms with Crippen molar-refractivity contribution >= 4 is 5.82 Å². The van der Waals surface area contributed by atoms with E-state index >= 15 is 0 Å². The Hall–Kier alpha value is -1.20. The zero-order chi connectivity index (χ0) is 12.1. The summed E-state index contributed by atoms with van der Waals surface area (Å²) in [6.45, 7) is 8.77. The summed E-state index contributed by atoms with van der Waals surface area (Å²) in [5, 5.41) is 3.19. The minimum absolute atomic E-state index is 0.00214. The third-order valence-electron chi connectivity index (χ3n) is 2.92. The number of anilines is 1. The number of nitrogens with zero attached hydrogens (tertiary/aromatic N) is 3. The van der Waals surface area contributed by atoms with Crippen LogP contribution in [0.2, 0.25) is 0 Å². The molecule has 2 rings (SSSR count). The van der Waals surface area contributed by atoms with Gasteiger partial charge < -0.3 is 10.1 Å². The van der Waals surface area contributed by atoms with E-state index in [-0.39, 0.29) is 6.10 Å². The van der Waals surface area contributed by atoms with E-state index in [0.29, 0.717) is 0 Å². The van der Waals surface area contributed by atoms with Gasteiger partial charge in [-0.25, -0.2) is 9.97 Å². The predicted octanol–water partition coefficient (Wildman–Crippen LogP) is 1.30. The lowest BCUT2D eigenvalue weighted by Crippen LogP contribution is -2.38. The fourth-order valence-electron chi connectivity index (χ4n) is 1.95. The Balaban J connectivity index is 2.07. The van der Waals surface area contributed by atoms with Crippen molar-refractivity contribution < 1.29 is 4.74 Å². The third kappa shape index (κ3) is 3.14. The topological polar surface area (TPSA) is 50.3 Å². The standard InChI is InChI=1S/C12H20N4O/c1-3-13-11-5-6-14-12(15-11)10-9-16(4-2)7-8-17-10/h5-6,10H,3-4,7-9H2,1-2H3,(H,13,14,15). The molecule has 17 heavy (non-hydrogen) atoms. The summed E-state index contributed by atoms with van der Waals surface area (Å²) in [5.74, 6) is 1.65. The van der Waals surface area contributed by atoms with Crippen LogP contribution in [0.25, 0.3) is 0 Å². The van der Waals surface area contributed by atoms with Gasteiger partial charge in [-0.05, 0) is 19.5 Å². The zero-order valence-electron chi connectivity index (χ0n) is 10.5. The second-order valence-electron chi connectivity index (χ2n) is 4.08. The van der Waals surface area contributed by atoms with Crippen molar-refractivity contribution in [2.24, 2.45) is 0 Å². The first-order valence-corrected chi connectivity index (χ1v) is 6.24. The van der Waals surface area contributed by atoms with Crippen LogP contribution >= 0.6 is 0 Å². The summed E-state index contributed by atoms with van der Waals surface area (Å²) in [6, 6.07) is 1.88. The van der Waals surface area contributed by atoms with Gasteiger partial charge in [0.15, 0.2) is 5.82 Å². The van der Waals surface area contributed by atoms with Crippen LogP contribution in [0.1, 0.15) is 25.8 Å². The molecule has 0 amide bonds. The number of morpholine rings is 1. The van der Waals surface area contributed by atoms with Crippen molar-refractivity contribution in [2.45, 2.75) is 20.0 Å². The lowest BCUT2D eigenvalue weighted by atomic mass is 10.2. The van der Waals surface area contributed by atoms with Crippen LogP contribution in [0, 0.1) is 0 Å². The molecule has 0 spiro atoms. The van der Waals surface area contributed by atoms with Gasteiger partial charge in [-0.15, -0.1) is 0 Å². The monoisotopic (exact) mass is 236 g/mol. The molecule has 94 valence electrons. The van der Waals surface area contributed by atoms with Gasteiger partial charge in [0.05, 0.1) is 6.61 Å². The summed E-state index contributed by atoms with van der Waals surface area (Å²) in [6.07, 6.45) is 1.79. The van der Waals surface area contributed by atoms with Crippen molar-refractivity contribution in [3.8, 4) is 0 Å². The molecule has 0 bridgehead atoms. The fraction of sp³-hybridized carbons (Fsp3) is 0.667. The average molecular weight is 236 g/mol. The fourth-order valence-corrected chi connectivity index (χ4v) is 1.95. The largest absolute Gasteiger partial charge is 0.370 e. The Morgan fingerprint density at radius 3 is 3.18 bits per heavy atom. The Kier molecular flexibility index (Phi) is 4.28. The number of hydrogen-bond acceptors (Lipinski definition) is 5. The molecule has 1 aromatic heterocycles. The molecule has 1 fully saturated rings. The van der Waals surface area contributed by atoms with Crippen LogP contribution in [0.15, 0.2) is 12.3 Å². The molecule has 5 nitrogen and oxygen atoms in total. The Labute approximate surface area is 102 Å². The highest BCUT2D eigenvalue weighted by Crippen LogP contribution is 2.19. The van der Waals surface area contributed by atoms with Gasteiger partial charge in [-0.3, -0.25) is 4.90 Å². The summed E-state index contributed by atoms with van der Waals surface area (Å²) in [5.41, 5.74) is 0. The Bertz CT molecular complexity index is 358. The van der Waals surface area contributed by atoms with E-state index in [1.807, 2.05) is 6.07 Å². The maximum Gasteiger partial charge on any atom is 0.160 e. The molecular formula is C12H20N4O. The Morgan fingerprint density at radius 2 is 2.41 bits per heavy atom. The molecule has 1 N–H and O–H groups in total. The highest BCUT2D eigenvalue weighted by atomic mass is 16.5. The lowest BCUT2D eigenvalue weighted by Gasteiger charge is -2.31. The molecule has 1 aliphatic rings. The van der Waals surface area contributed by atoms with E-state index in [1.54, 1.807) is 6.20 Å². The first-order chi connectivity index (χ1) is 8.33. The quantitative estimate of drug-likeness (QED) is 0.854. The van der Waals surface area contributed by atoms with Crippen molar-refractivity contribution in [3.63, 3.8) is 0 Å². The number of ether oxygens (including phenoxy) is 1. The van der Waals surface area contributed by atoms with Crippen LogP contribution in [0.4, 0.5) is 5.82 Å². The SMILES string of the molecule is CCNc1ccnc(C2CN(CC)CCO2)n1. The van der Waals surface area contributed by atoms with Crippen molar-refractivity contribution in [2.75, 3.05) is 38.1 Å². The normalized spacial score (nSPS) is 21.4. The number of rotatable bonds is 4. The predicted molar refractivity (Wildman–Crippen MR) is 67.0 cm³/mol. The summed E-state index contributed by atoms with van der Waals surface area (Å²) in [7, 11) is 0. The highest BCUT2D eigenvalue weighted by molar-refractivity contribution is 5.32. The second-order valence-corrected chi connectivity index (χ2v) is 4.08. The highest BCUT2D eigenvalue weighted by Gasteiger charge is 2.23. The first-order valence-electron chi connectivity index (χ1n) is 6.24. The van der Waals surface area contributed by atoms with Gasteiger partial charge in [0.2, 0.25) is 0 Å². The first kappa shape index (κ1) is 12.3. The smallest absolute Gasteiger partial charge is 0.160 e. The third-order valence-corrected chi connectivity index (χ3v) is 2.92. The van der Waals surface area contributed by atoms with Gasteiger partial charge in [-0.1, -0.05) is 6.92 Å². The van der Waals surface area contributed by atoms with Crippen LogP contribution < -0.4 is 5.32 Å². The maximum absolute atomic E-state index is 5.73.